The number of phosphoric ester groups is 2. The number of aliphatic hydroxyl groups excluding tert-OH is 2. The second-order valence-electron chi connectivity index (χ2n) is 21.9. The minimum atomic E-state index is -4.93. The fourth-order valence-corrected chi connectivity index (χ4v) is 10.0. The molecule has 0 bridgehead atoms. The number of carbonyl (C=O) groups is 3. The van der Waals surface area contributed by atoms with Crippen LogP contribution in [0.15, 0.2) is 109 Å². The predicted octanol–water partition coefficient (Wildman–Crippen LogP) is 18.1. The van der Waals surface area contributed by atoms with Crippen LogP contribution in [0.25, 0.3) is 0 Å². The monoisotopic (exact) mass is 1260 g/mol. The van der Waals surface area contributed by atoms with Crippen molar-refractivity contribution in [1.29, 1.82) is 0 Å². The number of hydrogen-bond donors (Lipinski definition) is 4. The van der Waals surface area contributed by atoms with E-state index in [-0.39, 0.29) is 19.3 Å². The van der Waals surface area contributed by atoms with Gasteiger partial charge in [0.1, 0.15) is 25.4 Å². The van der Waals surface area contributed by atoms with Gasteiger partial charge in [0.2, 0.25) is 0 Å². The van der Waals surface area contributed by atoms with E-state index in [0.29, 0.717) is 19.3 Å². The molecule has 0 aliphatic heterocycles. The Labute approximate surface area is 526 Å². The number of unbranched alkanes of at least 4 members (excludes halogenated alkanes) is 21. The molecule has 5 atom stereocenters. The van der Waals surface area contributed by atoms with Crippen molar-refractivity contribution in [1.82, 2.24) is 0 Å². The van der Waals surface area contributed by atoms with Crippen LogP contribution in [-0.4, -0.2) is 95.9 Å². The molecule has 0 aliphatic carbocycles. The quantitative estimate of drug-likeness (QED) is 0.0146. The van der Waals surface area contributed by atoms with Crippen molar-refractivity contribution in [2.24, 2.45) is 0 Å². The molecule has 4 N–H and O–H groups in total. The van der Waals surface area contributed by atoms with E-state index in [1.807, 2.05) is 0 Å². The molecule has 0 rings (SSSR count). The molecule has 18 heteroatoms. The molecule has 0 saturated carbocycles. The van der Waals surface area contributed by atoms with Gasteiger partial charge in [0, 0.05) is 19.3 Å². The van der Waals surface area contributed by atoms with Crippen LogP contribution in [0.5, 0.6) is 0 Å². The van der Waals surface area contributed by atoms with Gasteiger partial charge in [-0.3, -0.25) is 32.5 Å². The Morgan fingerprint density at radius 2 is 0.609 bits per heavy atom. The van der Waals surface area contributed by atoms with E-state index in [0.717, 1.165) is 167 Å². The molecule has 0 aromatic carbocycles. The Morgan fingerprint density at radius 3 is 0.977 bits per heavy atom. The predicted molar refractivity (Wildman–Crippen MR) is 353 cm³/mol. The van der Waals surface area contributed by atoms with E-state index in [1.54, 1.807) is 0 Å². The van der Waals surface area contributed by atoms with Crippen molar-refractivity contribution in [3.63, 3.8) is 0 Å². The maximum absolute atomic E-state index is 12.9. The van der Waals surface area contributed by atoms with Crippen LogP contribution in [0, 0.1) is 0 Å². The summed E-state index contributed by atoms with van der Waals surface area (Å²) in [4.78, 5) is 58.3. The SMILES string of the molecule is CC/C=C\C/C=C\C/C=C\C/C=C\C/C=C\CCCCCCCC(=O)OCC(O)COP(=O)(O)OCC(O)COP(=O)(O)OCC(COC(=O)CCCCCCCCC/C=C\C/C=C\C/C=C\CC)OC(=O)CCCCCCC/C=C\CCCCCC. The smallest absolute Gasteiger partial charge is 0.463 e. The van der Waals surface area contributed by atoms with Gasteiger partial charge < -0.3 is 34.2 Å². The number of rotatable bonds is 62. The van der Waals surface area contributed by atoms with Crippen LogP contribution in [0.2, 0.25) is 0 Å². The zero-order valence-electron chi connectivity index (χ0n) is 53.9. The van der Waals surface area contributed by atoms with Crippen LogP contribution in [-0.2, 0) is 55.8 Å². The Bertz CT molecular complexity index is 2030. The molecule has 0 heterocycles. The molecule has 0 aromatic rings. The molecule has 0 fully saturated rings. The van der Waals surface area contributed by atoms with Crippen LogP contribution in [0.3, 0.4) is 0 Å². The fraction of sp³-hybridized carbons (Fsp3) is 0.696. The van der Waals surface area contributed by atoms with E-state index in [2.05, 4.69) is 130 Å². The molecule has 0 aliphatic rings. The average molecular weight is 1270 g/mol. The van der Waals surface area contributed by atoms with Crippen LogP contribution < -0.4 is 0 Å². The van der Waals surface area contributed by atoms with Crippen molar-refractivity contribution >= 4 is 33.6 Å². The van der Waals surface area contributed by atoms with E-state index in [1.165, 1.54) is 25.7 Å². The average Bonchev–Trinajstić information content (AvgIpc) is 3.69. The summed E-state index contributed by atoms with van der Waals surface area (Å²) in [6.07, 6.45) is 68.5. The van der Waals surface area contributed by atoms with Gasteiger partial charge in [-0.05, 0) is 122 Å². The topological polar surface area (TPSA) is 231 Å². The van der Waals surface area contributed by atoms with Gasteiger partial charge >= 0.3 is 33.6 Å². The maximum Gasteiger partial charge on any atom is 0.472 e. The van der Waals surface area contributed by atoms with Crippen molar-refractivity contribution in [2.45, 2.75) is 270 Å². The zero-order valence-corrected chi connectivity index (χ0v) is 55.7. The van der Waals surface area contributed by atoms with E-state index >= 15 is 0 Å². The Hall–Kier alpha value is -3.79. The summed E-state index contributed by atoms with van der Waals surface area (Å²) in [5, 5.41) is 20.5. The molecule has 5 unspecified atom stereocenters. The molecular weight excluding hydrogens is 1150 g/mol. The Morgan fingerprint density at radius 1 is 0.333 bits per heavy atom. The number of aliphatic hydroxyl groups is 2. The van der Waals surface area contributed by atoms with Crippen LogP contribution in [0.1, 0.15) is 252 Å². The minimum absolute atomic E-state index is 0.0904. The highest BCUT2D eigenvalue weighted by molar-refractivity contribution is 7.47. The van der Waals surface area contributed by atoms with Crippen LogP contribution in [0.4, 0.5) is 0 Å². The lowest BCUT2D eigenvalue weighted by Gasteiger charge is -2.21. The third-order valence-electron chi connectivity index (χ3n) is 13.5. The van der Waals surface area contributed by atoms with Gasteiger partial charge in [0.25, 0.3) is 0 Å². The summed E-state index contributed by atoms with van der Waals surface area (Å²) in [6.45, 7) is 2.37. The lowest BCUT2D eigenvalue weighted by Crippen LogP contribution is -2.30. The third kappa shape index (κ3) is 63.6. The standard InChI is InChI=1S/C69H118O16P2/c1-4-7-10-13-16-19-22-25-27-29-30-31-32-34-36-38-40-43-46-49-52-55-67(72)79-58-64(70)59-81-86(75,76)82-60-65(71)61-83-87(77,78)84-63-66(85-69(74)57-54-51-48-45-42-37-24-21-18-15-12-9-6-3)62-80-68(73)56-53-50-47-44-41-39-35-33-28-26-23-20-17-14-11-8-5-2/h7-8,10-11,16-17,19-21,24-28,30-31,34,36,64-66,70-71H,4-6,9,12-15,18,22-23,29,32-33,35,37-63H2,1-3H3,(H,75,76)(H,77,78)/b10-7-,11-8-,19-16-,20-17-,24-21-,27-25-,28-26-,31-30-,36-34-. The lowest BCUT2D eigenvalue weighted by atomic mass is 10.1. The first-order valence-corrected chi connectivity index (χ1v) is 36.2. The highest BCUT2D eigenvalue weighted by Crippen LogP contribution is 2.45. The first-order chi connectivity index (χ1) is 42.2. The van der Waals surface area contributed by atoms with Gasteiger partial charge in [-0.25, -0.2) is 9.13 Å². The molecular formula is C69H118O16P2. The Kier molecular flexibility index (Phi) is 59.7. The summed E-state index contributed by atoms with van der Waals surface area (Å²) in [6, 6.07) is 0. The number of phosphoric acid groups is 2. The first-order valence-electron chi connectivity index (χ1n) is 33.2. The molecule has 16 nitrogen and oxygen atoms in total. The molecule has 500 valence electrons. The highest BCUT2D eigenvalue weighted by atomic mass is 31.2. The van der Waals surface area contributed by atoms with Crippen molar-refractivity contribution in [3.05, 3.63) is 109 Å². The normalized spacial score (nSPS) is 15.0. The Balaban J connectivity index is 4.65. The molecule has 87 heavy (non-hydrogen) atoms. The summed E-state index contributed by atoms with van der Waals surface area (Å²) >= 11 is 0. The van der Waals surface area contributed by atoms with Crippen molar-refractivity contribution in [3.8, 4) is 0 Å². The van der Waals surface area contributed by atoms with Crippen LogP contribution >= 0.6 is 15.6 Å². The van der Waals surface area contributed by atoms with Gasteiger partial charge in [-0.15, -0.1) is 0 Å². The van der Waals surface area contributed by atoms with Gasteiger partial charge in [0.05, 0.1) is 26.4 Å². The number of ether oxygens (including phenoxy) is 3. The van der Waals surface area contributed by atoms with Gasteiger partial charge in [-0.2, -0.15) is 0 Å². The van der Waals surface area contributed by atoms with E-state index in [9.17, 15) is 43.5 Å². The number of carbonyl (C=O) groups excluding carboxylic acids is 3. The molecule has 0 aromatic heterocycles. The fourth-order valence-electron chi connectivity index (χ4n) is 8.43. The second kappa shape index (κ2) is 62.4. The summed E-state index contributed by atoms with van der Waals surface area (Å²) in [5.41, 5.74) is 0. The summed E-state index contributed by atoms with van der Waals surface area (Å²) < 4.78 is 60.8. The van der Waals surface area contributed by atoms with Crippen molar-refractivity contribution < 1.29 is 75.8 Å². The molecule has 0 saturated heterocycles. The van der Waals surface area contributed by atoms with E-state index < -0.39 is 91.5 Å². The highest BCUT2D eigenvalue weighted by Gasteiger charge is 2.29. The van der Waals surface area contributed by atoms with Gasteiger partial charge in [0.15, 0.2) is 6.10 Å². The zero-order chi connectivity index (χ0) is 63.8. The lowest BCUT2D eigenvalue weighted by molar-refractivity contribution is -0.161. The molecule has 0 radical (unpaired) electrons. The number of esters is 3. The minimum Gasteiger partial charge on any atom is -0.463 e. The largest absolute Gasteiger partial charge is 0.472 e. The maximum atomic E-state index is 12.9. The summed E-state index contributed by atoms with van der Waals surface area (Å²) in [7, 11) is -9.78. The third-order valence-corrected chi connectivity index (χ3v) is 15.4. The number of hydrogen-bond acceptors (Lipinski definition) is 14. The van der Waals surface area contributed by atoms with Gasteiger partial charge in [-0.1, -0.05) is 220 Å². The number of allylic oxidation sites excluding steroid dienone is 18. The molecule has 0 amide bonds. The molecule has 0 spiro atoms. The summed E-state index contributed by atoms with van der Waals surface area (Å²) in [5.74, 6) is -1.62. The first kappa shape index (κ1) is 83.2. The second-order valence-corrected chi connectivity index (χ2v) is 24.8. The van der Waals surface area contributed by atoms with E-state index in [4.69, 9.17) is 32.3 Å². The van der Waals surface area contributed by atoms with Crippen molar-refractivity contribution in [2.75, 3.05) is 39.6 Å².